The van der Waals surface area contributed by atoms with Gasteiger partial charge in [-0.1, -0.05) is 29.8 Å². The van der Waals surface area contributed by atoms with Crippen molar-refractivity contribution in [1.29, 1.82) is 0 Å². The number of aromatic nitrogens is 4. The van der Waals surface area contributed by atoms with E-state index in [9.17, 15) is 9.59 Å². The molecule has 0 radical (unpaired) electrons. The van der Waals surface area contributed by atoms with E-state index in [-0.39, 0.29) is 52.8 Å². The largest absolute Gasteiger partial charge is 0.495 e. The number of benzene rings is 1. The SMILES string of the molecule is C=CC(=O)NC1COCC1Nc1ncc2c(n1)N(Cc1ccn[nH]1)C(=O)N(c1c(Cl)c(OC)cc(OC)c1Cl)C2. The fraction of sp³-hybridized carbons (Fsp3) is 0.320. The van der Waals surface area contributed by atoms with Gasteiger partial charge in [0, 0.05) is 24.0 Å². The maximum Gasteiger partial charge on any atom is 0.330 e. The van der Waals surface area contributed by atoms with Gasteiger partial charge in [0.15, 0.2) is 0 Å². The standard InChI is InChI=1S/C25H26Cl2N8O5/c1-4-19(36)30-15-11-40-12-16(15)31-24-28-8-13-9-34(22-20(26)17(38-2)7-18(39-3)21(22)27)25(37)35(23(13)32-24)10-14-5-6-29-33-14/h4-8,15-16H,1,9-12H2,2-3H3,(H,29,33)(H,30,36)(H,28,31,32). The van der Waals surface area contributed by atoms with Gasteiger partial charge in [-0.2, -0.15) is 10.1 Å². The third-order valence-electron chi connectivity index (χ3n) is 6.50. The Labute approximate surface area is 239 Å². The number of ether oxygens (including phenoxy) is 3. The van der Waals surface area contributed by atoms with Gasteiger partial charge < -0.3 is 24.8 Å². The molecule has 2 aliphatic rings. The lowest BCUT2D eigenvalue weighted by Crippen LogP contribution is -2.48. The van der Waals surface area contributed by atoms with Crippen LogP contribution in [0.4, 0.5) is 22.2 Å². The number of urea groups is 1. The van der Waals surface area contributed by atoms with E-state index in [1.807, 2.05) is 0 Å². The molecule has 2 atom stereocenters. The van der Waals surface area contributed by atoms with Crippen molar-refractivity contribution in [3.8, 4) is 11.5 Å². The number of H-pyrrole nitrogens is 1. The lowest BCUT2D eigenvalue weighted by atomic mass is 10.1. The van der Waals surface area contributed by atoms with Crippen molar-refractivity contribution in [3.63, 3.8) is 0 Å². The first kappa shape index (κ1) is 27.5. The van der Waals surface area contributed by atoms with Gasteiger partial charge in [-0.05, 0) is 12.1 Å². The zero-order chi connectivity index (χ0) is 28.4. The molecule has 40 heavy (non-hydrogen) atoms. The van der Waals surface area contributed by atoms with Crippen molar-refractivity contribution >= 4 is 52.6 Å². The summed E-state index contributed by atoms with van der Waals surface area (Å²) in [5.41, 5.74) is 1.54. The highest BCUT2D eigenvalue weighted by Gasteiger charge is 2.37. The Kier molecular flexibility index (Phi) is 7.96. The van der Waals surface area contributed by atoms with Crippen molar-refractivity contribution in [2.45, 2.75) is 25.2 Å². The molecule has 13 nitrogen and oxygen atoms in total. The van der Waals surface area contributed by atoms with Gasteiger partial charge in [-0.3, -0.25) is 19.7 Å². The second-order valence-electron chi connectivity index (χ2n) is 8.94. The molecule has 3 aromatic rings. The Bertz CT molecular complexity index is 1410. The van der Waals surface area contributed by atoms with Gasteiger partial charge in [0.1, 0.15) is 27.4 Å². The number of amides is 3. The third kappa shape index (κ3) is 5.22. The molecule has 1 aromatic carbocycles. The van der Waals surface area contributed by atoms with E-state index in [1.165, 1.54) is 30.1 Å². The highest BCUT2D eigenvalue weighted by atomic mass is 35.5. The van der Waals surface area contributed by atoms with Crippen LogP contribution in [0.3, 0.4) is 0 Å². The number of carbonyl (C=O) groups is 2. The normalized spacial score (nSPS) is 18.4. The average molecular weight is 589 g/mol. The van der Waals surface area contributed by atoms with Crippen LogP contribution in [0.1, 0.15) is 11.3 Å². The average Bonchev–Trinajstić information content (AvgIpc) is 3.63. The molecule has 0 bridgehead atoms. The monoisotopic (exact) mass is 588 g/mol. The summed E-state index contributed by atoms with van der Waals surface area (Å²) in [5, 5.41) is 13.2. The molecule has 15 heteroatoms. The van der Waals surface area contributed by atoms with Gasteiger partial charge in [-0.15, -0.1) is 0 Å². The van der Waals surface area contributed by atoms with Crippen LogP contribution in [0.25, 0.3) is 0 Å². The molecule has 5 rings (SSSR count). The molecule has 0 spiro atoms. The molecule has 1 saturated heterocycles. The number of aromatic amines is 1. The lowest BCUT2D eigenvalue weighted by Gasteiger charge is -2.37. The number of anilines is 3. The van der Waals surface area contributed by atoms with Gasteiger partial charge in [0.2, 0.25) is 11.9 Å². The Morgan fingerprint density at radius 3 is 2.62 bits per heavy atom. The van der Waals surface area contributed by atoms with E-state index in [2.05, 4.69) is 37.4 Å². The second-order valence-corrected chi connectivity index (χ2v) is 9.70. The summed E-state index contributed by atoms with van der Waals surface area (Å²) < 4.78 is 16.3. The summed E-state index contributed by atoms with van der Waals surface area (Å²) in [6.45, 7) is 4.35. The summed E-state index contributed by atoms with van der Waals surface area (Å²) in [5.74, 6) is 0.938. The van der Waals surface area contributed by atoms with Crippen molar-refractivity contribution in [1.82, 2.24) is 25.5 Å². The molecule has 2 aromatic heterocycles. The fourth-order valence-electron chi connectivity index (χ4n) is 4.50. The molecule has 2 unspecified atom stereocenters. The van der Waals surface area contributed by atoms with Gasteiger partial charge in [-0.25, -0.2) is 9.78 Å². The Hall–Kier alpha value is -4.07. The van der Waals surface area contributed by atoms with Crippen LogP contribution in [0.5, 0.6) is 11.5 Å². The topological polar surface area (TPSA) is 147 Å². The first-order valence-electron chi connectivity index (χ1n) is 12.1. The Morgan fingerprint density at radius 1 is 1.25 bits per heavy atom. The lowest BCUT2D eigenvalue weighted by molar-refractivity contribution is -0.117. The van der Waals surface area contributed by atoms with E-state index in [1.54, 1.807) is 24.5 Å². The van der Waals surface area contributed by atoms with Gasteiger partial charge in [0.05, 0.1) is 64.0 Å². The highest BCUT2D eigenvalue weighted by Crippen LogP contribution is 2.48. The predicted octanol–water partition coefficient (Wildman–Crippen LogP) is 3.15. The number of nitrogens with one attached hydrogen (secondary N) is 3. The summed E-state index contributed by atoms with van der Waals surface area (Å²) in [6, 6.07) is 2.27. The van der Waals surface area contributed by atoms with Crippen LogP contribution in [0.15, 0.2) is 37.2 Å². The van der Waals surface area contributed by atoms with Crippen molar-refractivity contribution in [2.75, 3.05) is 42.5 Å². The minimum absolute atomic E-state index is 0.0776. The molecule has 3 amide bonds. The molecule has 4 heterocycles. The molecule has 3 N–H and O–H groups in total. The Balaban J connectivity index is 1.52. The van der Waals surface area contributed by atoms with Crippen LogP contribution in [-0.2, 0) is 22.6 Å². The molecule has 0 saturated carbocycles. The molecular formula is C25H26Cl2N8O5. The van der Waals surface area contributed by atoms with Gasteiger partial charge in [0.25, 0.3) is 0 Å². The fourth-order valence-corrected chi connectivity index (χ4v) is 5.21. The number of hydrogen-bond acceptors (Lipinski definition) is 9. The molecule has 210 valence electrons. The van der Waals surface area contributed by atoms with Crippen LogP contribution < -0.4 is 29.9 Å². The van der Waals surface area contributed by atoms with E-state index >= 15 is 0 Å². The summed E-state index contributed by atoms with van der Waals surface area (Å²) in [7, 11) is 2.92. The van der Waals surface area contributed by atoms with E-state index in [4.69, 9.17) is 37.4 Å². The zero-order valence-electron chi connectivity index (χ0n) is 21.6. The van der Waals surface area contributed by atoms with Crippen molar-refractivity contribution in [3.05, 3.63) is 58.5 Å². The van der Waals surface area contributed by atoms with E-state index < -0.39 is 6.03 Å². The number of carbonyl (C=O) groups excluding carboxylic acids is 2. The van der Waals surface area contributed by atoms with Gasteiger partial charge >= 0.3 is 6.03 Å². The van der Waals surface area contributed by atoms with E-state index in [0.29, 0.717) is 41.8 Å². The van der Waals surface area contributed by atoms with Crippen LogP contribution in [0, 0.1) is 0 Å². The highest BCUT2D eigenvalue weighted by molar-refractivity contribution is 6.42. The Morgan fingerprint density at radius 2 is 1.98 bits per heavy atom. The molecule has 0 aliphatic carbocycles. The number of fused-ring (bicyclic) bond motifs is 1. The number of methoxy groups -OCH3 is 2. The summed E-state index contributed by atoms with van der Waals surface area (Å²) in [6.07, 6.45) is 4.41. The van der Waals surface area contributed by atoms with Crippen molar-refractivity contribution < 1.29 is 23.8 Å². The minimum atomic E-state index is -0.439. The molecule has 2 aliphatic heterocycles. The van der Waals surface area contributed by atoms with E-state index in [0.717, 1.165) is 0 Å². The summed E-state index contributed by atoms with van der Waals surface area (Å²) in [4.78, 5) is 37.9. The quantitative estimate of drug-likeness (QED) is 0.320. The predicted molar refractivity (Wildman–Crippen MR) is 148 cm³/mol. The summed E-state index contributed by atoms with van der Waals surface area (Å²) >= 11 is 13.3. The molecular weight excluding hydrogens is 563 g/mol. The first-order chi connectivity index (χ1) is 19.3. The second kappa shape index (κ2) is 11.6. The maximum atomic E-state index is 14.0. The molecule has 1 fully saturated rings. The smallest absolute Gasteiger partial charge is 0.330 e. The van der Waals surface area contributed by atoms with Crippen molar-refractivity contribution in [2.24, 2.45) is 0 Å². The number of halogens is 2. The maximum absolute atomic E-state index is 14.0. The number of nitrogens with zero attached hydrogens (tertiary/aromatic N) is 5. The third-order valence-corrected chi connectivity index (χ3v) is 7.23. The minimum Gasteiger partial charge on any atom is -0.495 e. The first-order valence-corrected chi connectivity index (χ1v) is 12.9. The van der Waals surface area contributed by atoms with Crippen LogP contribution in [-0.4, -0.2) is 71.6 Å². The zero-order valence-corrected chi connectivity index (χ0v) is 23.1. The van der Waals surface area contributed by atoms with Crippen LogP contribution >= 0.6 is 23.2 Å². The number of hydrogen-bond donors (Lipinski definition) is 3. The number of rotatable bonds is 9. The van der Waals surface area contributed by atoms with Crippen LogP contribution in [0.2, 0.25) is 10.0 Å².